The van der Waals surface area contributed by atoms with Gasteiger partial charge in [0.1, 0.15) is 0 Å². The number of nitrogens with two attached hydrogens (primary N) is 1. The average Bonchev–Trinajstić information content (AvgIpc) is 2.36. The van der Waals surface area contributed by atoms with Crippen LogP contribution in [0.3, 0.4) is 0 Å². The molecule has 0 heterocycles. The Morgan fingerprint density at radius 1 is 1.11 bits per heavy atom. The van der Waals surface area contributed by atoms with E-state index in [2.05, 4.69) is 0 Å². The van der Waals surface area contributed by atoms with E-state index >= 15 is 0 Å². The quantitative estimate of drug-likeness (QED) is 0.661. The third-order valence-electron chi connectivity index (χ3n) is 2.89. The number of hydrogen-bond acceptors (Lipinski definition) is 4. The number of rotatable bonds is 8. The maximum atomic E-state index is 8.91. The van der Waals surface area contributed by atoms with Crippen LogP contribution in [0.25, 0.3) is 0 Å². The summed E-state index contributed by atoms with van der Waals surface area (Å²) in [4.78, 5) is 1.98. The van der Waals surface area contributed by atoms with Crippen LogP contribution in [0.2, 0.25) is 5.02 Å². The van der Waals surface area contributed by atoms with Crippen LogP contribution >= 0.6 is 11.6 Å². The molecule has 0 amide bonds. The number of nitrogens with zero attached hydrogens (tertiary/aromatic N) is 1. The minimum Gasteiger partial charge on any atom is -0.395 e. The molecule has 1 rings (SSSR count). The van der Waals surface area contributed by atoms with Gasteiger partial charge in [-0.05, 0) is 18.1 Å². The fraction of sp³-hybridized carbons (Fsp3) is 0.538. The number of hydrogen-bond donors (Lipinski definition) is 3. The minimum absolute atomic E-state index is 0.0847. The molecule has 1 aromatic rings. The Labute approximate surface area is 113 Å². The molecule has 102 valence electrons. The van der Waals surface area contributed by atoms with Crippen molar-refractivity contribution in [3.8, 4) is 0 Å². The Balaban J connectivity index is 2.49. The summed E-state index contributed by atoms with van der Waals surface area (Å²) in [6.45, 7) is 2.00. The predicted molar refractivity (Wildman–Crippen MR) is 73.6 cm³/mol. The lowest BCUT2D eigenvalue weighted by molar-refractivity contribution is 0.157. The van der Waals surface area contributed by atoms with Crippen molar-refractivity contribution in [2.45, 2.75) is 12.5 Å². The van der Waals surface area contributed by atoms with Gasteiger partial charge in [-0.1, -0.05) is 29.8 Å². The van der Waals surface area contributed by atoms with Crippen LogP contribution in [0.5, 0.6) is 0 Å². The second-order valence-corrected chi connectivity index (χ2v) is 4.61. The summed E-state index contributed by atoms with van der Waals surface area (Å²) in [6, 6.07) is 7.42. The summed E-state index contributed by atoms with van der Waals surface area (Å²) in [6.07, 6.45) is 0.740. The summed E-state index contributed by atoms with van der Waals surface area (Å²) in [7, 11) is 0. The van der Waals surface area contributed by atoms with E-state index in [-0.39, 0.29) is 19.3 Å². The Morgan fingerprint density at radius 3 is 2.28 bits per heavy atom. The molecule has 1 unspecified atom stereocenters. The second-order valence-electron chi connectivity index (χ2n) is 4.21. The van der Waals surface area contributed by atoms with E-state index in [9.17, 15) is 0 Å². The van der Waals surface area contributed by atoms with Gasteiger partial charge < -0.3 is 15.9 Å². The molecule has 0 aliphatic heterocycles. The van der Waals surface area contributed by atoms with Gasteiger partial charge in [0.15, 0.2) is 0 Å². The minimum atomic E-state index is -0.126. The van der Waals surface area contributed by atoms with Crippen LogP contribution in [-0.2, 0) is 0 Å². The molecule has 1 atom stereocenters. The highest BCUT2D eigenvalue weighted by Crippen LogP contribution is 2.23. The molecule has 0 saturated heterocycles. The molecule has 5 heteroatoms. The monoisotopic (exact) mass is 272 g/mol. The van der Waals surface area contributed by atoms with Gasteiger partial charge in [-0.3, -0.25) is 4.90 Å². The first-order chi connectivity index (χ1) is 8.69. The van der Waals surface area contributed by atoms with Crippen LogP contribution < -0.4 is 5.73 Å². The third-order valence-corrected chi connectivity index (χ3v) is 3.24. The number of benzene rings is 1. The average molecular weight is 273 g/mol. The fourth-order valence-corrected chi connectivity index (χ4v) is 2.15. The van der Waals surface area contributed by atoms with Crippen LogP contribution in [-0.4, -0.2) is 48.0 Å². The van der Waals surface area contributed by atoms with Crippen molar-refractivity contribution < 1.29 is 10.2 Å². The highest BCUT2D eigenvalue weighted by molar-refractivity contribution is 6.31. The van der Waals surface area contributed by atoms with Gasteiger partial charge in [0.2, 0.25) is 0 Å². The molecular weight excluding hydrogens is 252 g/mol. The topological polar surface area (TPSA) is 69.7 Å². The molecule has 0 aliphatic rings. The van der Waals surface area contributed by atoms with Crippen molar-refractivity contribution in [2.75, 3.05) is 32.8 Å². The van der Waals surface area contributed by atoms with Gasteiger partial charge in [0, 0.05) is 30.7 Å². The molecule has 0 aliphatic carbocycles. The normalized spacial score (nSPS) is 12.9. The van der Waals surface area contributed by atoms with Crippen molar-refractivity contribution in [3.63, 3.8) is 0 Å². The van der Waals surface area contributed by atoms with E-state index in [0.717, 1.165) is 18.5 Å². The fourth-order valence-electron chi connectivity index (χ4n) is 1.87. The summed E-state index contributed by atoms with van der Waals surface area (Å²) < 4.78 is 0. The van der Waals surface area contributed by atoms with Crippen molar-refractivity contribution in [3.05, 3.63) is 34.9 Å². The highest BCUT2D eigenvalue weighted by atomic mass is 35.5. The van der Waals surface area contributed by atoms with E-state index < -0.39 is 0 Å². The van der Waals surface area contributed by atoms with Crippen molar-refractivity contribution in [1.82, 2.24) is 4.90 Å². The van der Waals surface area contributed by atoms with E-state index in [1.807, 2.05) is 29.2 Å². The van der Waals surface area contributed by atoms with E-state index in [1.165, 1.54) is 0 Å². The lowest BCUT2D eigenvalue weighted by Crippen LogP contribution is -2.32. The SMILES string of the molecule is NC(CCN(CCO)CCO)c1ccccc1Cl. The Hall–Kier alpha value is -0.650. The van der Waals surface area contributed by atoms with Crippen LogP contribution in [0, 0.1) is 0 Å². The summed E-state index contributed by atoms with van der Waals surface area (Å²) in [5.74, 6) is 0. The van der Waals surface area contributed by atoms with Crippen LogP contribution in [0.4, 0.5) is 0 Å². The smallest absolute Gasteiger partial charge is 0.0558 e. The molecule has 4 nitrogen and oxygen atoms in total. The molecule has 0 bridgehead atoms. The van der Waals surface area contributed by atoms with Gasteiger partial charge in [-0.25, -0.2) is 0 Å². The van der Waals surface area contributed by atoms with Crippen LogP contribution in [0.15, 0.2) is 24.3 Å². The molecular formula is C13H21ClN2O2. The largest absolute Gasteiger partial charge is 0.395 e. The van der Waals surface area contributed by atoms with E-state index in [0.29, 0.717) is 18.1 Å². The predicted octanol–water partition coefficient (Wildman–Crippen LogP) is 1.02. The molecule has 0 saturated carbocycles. The van der Waals surface area contributed by atoms with Gasteiger partial charge >= 0.3 is 0 Å². The first kappa shape index (κ1) is 15.4. The summed E-state index contributed by atoms with van der Waals surface area (Å²) in [5, 5.41) is 18.5. The standard InChI is InChI=1S/C13H21ClN2O2/c14-12-4-2-1-3-11(12)13(15)5-6-16(7-9-17)8-10-18/h1-4,13,17-18H,5-10,15H2. The third kappa shape index (κ3) is 4.92. The lowest BCUT2D eigenvalue weighted by Gasteiger charge is -2.22. The first-order valence-corrected chi connectivity index (χ1v) is 6.51. The van der Waals surface area contributed by atoms with Gasteiger partial charge in [0.05, 0.1) is 13.2 Å². The second kappa shape index (κ2) is 8.45. The lowest BCUT2D eigenvalue weighted by atomic mass is 10.0. The first-order valence-electron chi connectivity index (χ1n) is 6.13. The van der Waals surface area contributed by atoms with Crippen LogP contribution in [0.1, 0.15) is 18.0 Å². The highest BCUT2D eigenvalue weighted by Gasteiger charge is 2.11. The maximum absolute atomic E-state index is 8.91. The molecule has 0 aromatic heterocycles. The molecule has 18 heavy (non-hydrogen) atoms. The zero-order valence-corrected chi connectivity index (χ0v) is 11.2. The molecule has 0 radical (unpaired) electrons. The zero-order chi connectivity index (χ0) is 13.4. The number of aliphatic hydroxyl groups excluding tert-OH is 2. The Bertz CT molecular complexity index is 344. The maximum Gasteiger partial charge on any atom is 0.0558 e. The van der Waals surface area contributed by atoms with Crippen molar-refractivity contribution >= 4 is 11.6 Å². The Kier molecular flexibility index (Phi) is 7.23. The molecule has 1 aromatic carbocycles. The molecule has 0 fully saturated rings. The Morgan fingerprint density at radius 2 is 1.72 bits per heavy atom. The number of aliphatic hydroxyl groups is 2. The van der Waals surface area contributed by atoms with Gasteiger partial charge in [-0.2, -0.15) is 0 Å². The van der Waals surface area contributed by atoms with E-state index in [4.69, 9.17) is 27.5 Å². The molecule has 0 spiro atoms. The summed E-state index contributed by atoms with van der Waals surface area (Å²) in [5.41, 5.74) is 7.04. The van der Waals surface area contributed by atoms with E-state index in [1.54, 1.807) is 0 Å². The molecule has 4 N–H and O–H groups in total. The van der Waals surface area contributed by atoms with Gasteiger partial charge in [-0.15, -0.1) is 0 Å². The van der Waals surface area contributed by atoms with Crippen molar-refractivity contribution in [1.29, 1.82) is 0 Å². The van der Waals surface area contributed by atoms with Crippen molar-refractivity contribution in [2.24, 2.45) is 5.73 Å². The zero-order valence-electron chi connectivity index (χ0n) is 10.4. The van der Waals surface area contributed by atoms with Gasteiger partial charge in [0.25, 0.3) is 0 Å². The summed E-state index contributed by atoms with van der Waals surface area (Å²) >= 11 is 6.08. The number of halogens is 1.